The summed E-state index contributed by atoms with van der Waals surface area (Å²) in [6.45, 7) is 2.47. The normalized spacial score (nSPS) is 25.2. The molecule has 1 aliphatic carbocycles. The van der Waals surface area contributed by atoms with Crippen molar-refractivity contribution in [3.8, 4) is 0 Å². The lowest BCUT2D eigenvalue weighted by molar-refractivity contribution is 0.0717. The molecular formula is C17H23FN2O3. The van der Waals surface area contributed by atoms with Crippen LogP contribution in [-0.4, -0.2) is 49.5 Å². The Labute approximate surface area is 135 Å². The lowest BCUT2D eigenvalue weighted by Crippen LogP contribution is -2.45. The zero-order chi connectivity index (χ0) is 16.2. The molecule has 0 aromatic heterocycles. The third-order valence-electron chi connectivity index (χ3n) is 4.61. The van der Waals surface area contributed by atoms with E-state index in [1.807, 2.05) is 4.90 Å². The van der Waals surface area contributed by atoms with Crippen LogP contribution in [0.1, 0.15) is 36.0 Å². The fourth-order valence-corrected chi connectivity index (χ4v) is 3.24. The third-order valence-corrected chi connectivity index (χ3v) is 4.61. The van der Waals surface area contributed by atoms with Crippen LogP contribution in [0.2, 0.25) is 0 Å². The van der Waals surface area contributed by atoms with Crippen molar-refractivity contribution >= 4 is 11.6 Å². The van der Waals surface area contributed by atoms with Crippen LogP contribution in [0.5, 0.6) is 0 Å². The number of benzene rings is 1. The summed E-state index contributed by atoms with van der Waals surface area (Å²) < 4.78 is 19.6. The highest BCUT2D eigenvalue weighted by molar-refractivity contribution is 5.94. The maximum Gasteiger partial charge on any atom is 0.251 e. The van der Waals surface area contributed by atoms with E-state index in [9.17, 15) is 14.3 Å². The number of hydrogen-bond donors (Lipinski definition) is 2. The Hall–Kier alpha value is -1.66. The van der Waals surface area contributed by atoms with Gasteiger partial charge in [0.25, 0.3) is 5.91 Å². The van der Waals surface area contributed by atoms with Crippen LogP contribution in [-0.2, 0) is 4.74 Å². The topological polar surface area (TPSA) is 61.8 Å². The zero-order valence-electron chi connectivity index (χ0n) is 13.1. The van der Waals surface area contributed by atoms with E-state index >= 15 is 0 Å². The van der Waals surface area contributed by atoms with Crippen LogP contribution < -0.4 is 10.2 Å². The van der Waals surface area contributed by atoms with E-state index < -0.39 is 11.9 Å². The first kappa shape index (κ1) is 16.2. The molecule has 23 heavy (non-hydrogen) atoms. The number of aliphatic hydroxyl groups is 1. The van der Waals surface area contributed by atoms with Crippen molar-refractivity contribution in [3.05, 3.63) is 29.6 Å². The van der Waals surface area contributed by atoms with Gasteiger partial charge in [-0.2, -0.15) is 0 Å². The number of amides is 1. The summed E-state index contributed by atoms with van der Waals surface area (Å²) in [5.74, 6) is -0.730. The Morgan fingerprint density at radius 3 is 2.70 bits per heavy atom. The van der Waals surface area contributed by atoms with Crippen molar-refractivity contribution in [1.82, 2.24) is 5.32 Å². The first-order valence-electron chi connectivity index (χ1n) is 8.26. The Morgan fingerprint density at radius 1 is 1.26 bits per heavy atom. The number of aliphatic hydroxyl groups excluding tert-OH is 1. The number of hydrogen-bond acceptors (Lipinski definition) is 4. The molecule has 2 atom stereocenters. The van der Waals surface area contributed by atoms with Gasteiger partial charge in [-0.05, 0) is 31.0 Å². The van der Waals surface area contributed by atoms with Gasteiger partial charge in [-0.1, -0.05) is 12.8 Å². The molecule has 126 valence electrons. The van der Waals surface area contributed by atoms with Crippen molar-refractivity contribution in [2.75, 3.05) is 31.2 Å². The fraction of sp³-hybridized carbons (Fsp3) is 0.588. The summed E-state index contributed by atoms with van der Waals surface area (Å²) in [7, 11) is 0. The molecule has 1 amide bonds. The molecule has 1 aromatic rings. The molecule has 1 aliphatic heterocycles. The minimum absolute atomic E-state index is 0.238. The van der Waals surface area contributed by atoms with Crippen LogP contribution in [0.15, 0.2) is 18.2 Å². The second-order valence-electron chi connectivity index (χ2n) is 6.20. The second-order valence-corrected chi connectivity index (χ2v) is 6.20. The Bertz CT molecular complexity index is 561. The number of rotatable bonds is 3. The van der Waals surface area contributed by atoms with E-state index in [2.05, 4.69) is 5.32 Å². The summed E-state index contributed by atoms with van der Waals surface area (Å²) in [4.78, 5) is 14.2. The number of morpholine rings is 1. The summed E-state index contributed by atoms with van der Waals surface area (Å²) in [5, 5.41) is 12.7. The quantitative estimate of drug-likeness (QED) is 0.889. The second kappa shape index (κ2) is 7.27. The Morgan fingerprint density at radius 2 is 2.00 bits per heavy atom. The van der Waals surface area contributed by atoms with Crippen molar-refractivity contribution in [2.24, 2.45) is 0 Å². The summed E-state index contributed by atoms with van der Waals surface area (Å²) in [5.41, 5.74) is 0.792. The molecule has 2 aliphatic rings. The van der Waals surface area contributed by atoms with Gasteiger partial charge in [-0.15, -0.1) is 0 Å². The molecule has 2 fully saturated rings. The van der Waals surface area contributed by atoms with Gasteiger partial charge >= 0.3 is 0 Å². The van der Waals surface area contributed by atoms with E-state index in [0.717, 1.165) is 19.3 Å². The van der Waals surface area contributed by atoms with Gasteiger partial charge in [0.05, 0.1) is 31.0 Å². The molecule has 5 nitrogen and oxygen atoms in total. The van der Waals surface area contributed by atoms with Gasteiger partial charge in [0.2, 0.25) is 0 Å². The number of carbonyl (C=O) groups is 1. The largest absolute Gasteiger partial charge is 0.391 e. The van der Waals surface area contributed by atoms with Crippen molar-refractivity contribution in [2.45, 2.75) is 37.8 Å². The fourth-order valence-electron chi connectivity index (χ4n) is 3.24. The van der Waals surface area contributed by atoms with Gasteiger partial charge < -0.3 is 20.1 Å². The highest BCUT2D eigenvalue weighted by atomic mass is 19.1. The molecule has 1 aromatic carbocycles. The summed E-state index contributed by atoms with van der Waals surface area (Å²) >= 11 is 0. The zero-order valence-corrected chi connectivity index (χ0v) is 13.1. The molecule has 2 N–H and O–H groups in total. The van der Waals surface area contributed by atoms with Crippen LogP contribution in [0.25, 0.3) is 0 Å². The highest BCUT2D eigenvalue weighted by Gasteiger charge is 2.25. The predicted molar refractivity (Wildman–Crippen MR) is 85.2 cm³/mol. The number of anilines is 1. The van der Waals surface area contributed by atoms with E-state index in [1.165, 1.54) is 6.07 Å². The van der Waals surface area contributed by atoms with Gasteiger partial charge in [-0.25, -0.2) is 4.39 Å². The van der Waals surface area contributed by atoms with Gasteiger partial charge in [0, 0.05) is 18.7 Å². The predicted octanol–water partition coefficient (Wildman–Crippen LogP) is 1.70. The first-order chi connectivity index (χ1) is 11.1. The third kappa shape index (κ3) is 3.82. The van der Waals surface area contributed by atoms with Crippen LogP contribution >= 0.6 is 0 Å². The SMILES string of the molecule is O=C(NC1CCCCC1O)c1ccc(N2CCOCC2)c(F)c1. The summed E-state index contributed by atoms with van der Waals surface area (Å²) in [6, 6.07) is 4.32. The number of nitrogens with one attached hydrogen (secondary N) is 1. The Balaban J connectivity index is 1.67. The van der Waals surface area contributed by atoms with Gasteiger partial charge in [0.15, 0.2) is 0 Å². The van der Waals surface area contributed by atoms with Crippen molar-refractivity contribution in [1.29, 1.82) is 0 Å². The lowest BCUT2D eigenvalue weighted by Gasteiger charge is -2.30. The average molecular weight is 322 g/mol. The van der Waals surface area contributed by atoms with Gasteiger partial charge in [0.1, 0.15) is 5.82 Å². The van der Waals surface area contributed by atoms with Crippen LogP contribution in [0.3, 0.4) is 0 Å². The van der Waals surface area contributed by atoms with E-state index in [4.69, 9.17) is 4.74 Å². The molecule has 0 spiro atoms. The summed E-state index contributed by atoms with van der Waals surface area (Å²) in [6.07, 6.45) is 2.93. The van der Waals surface area contributed by atoms with Crippen molar-refractivity contribution in [3.63, 3.8) is 0 Å². The number of carbonyl (C=O) groups excluding carboxylic acids is 1. The number of halogens is 1. The highest BCUT2D eigenvalue weighted by Crippen LogP contribution is 2.23. The monoisotopic (exact) mass is 322 g/mol. The average Bonchev–Trinajstić information content (AvgIpc) is 2.57. The Kier molecular flexibility index (Phi) is 5.13. The standard InChI is InChI=1S/C17H23FN2O3/c18-13-11-12(5-6-15(13)20-7-9-23-10-8-20)17(22)19-14-3-1-2-4-16(14)21/h5-6,11,14,16,21H,1-4,7-10H2,(H,19,22). The molecular weight excluding hydrogens is 299 g/mol. The molecule has 2 unspecified atom stereocenters. The molecule has 1 heterocycles. The van der Waals surface area contributed by atoms with E-state index in [-0.39, 0.29) is 17.5 Å². The molecule has 6 heteroatoms. The molecule has 3 rings (SSSR count). The lowest BCUT2D eigenvalue weighted by atomic mass is 9.92. The van der Waals surface area contributed by atoms with Gasteiger partial charge in [-0.3, -0.25) is 4.79 Å². The van der Waals surface area contributed by atoms with Crippen LogP contribution in [0, 0.1) is 5.82 Å². The maximum absolute atomic E-state index is 14.3. The maximum atomic E-state index is 14.3. The minimum atomic E-state index is -0.509. The molecule has 0 bridgehead atoms. The number of ether oxygens (including phenoxy) is 1. The van der Waals surface area contributed by atoms with E-state index in [1.54, 1.807) is 12.1 Å². The minimum Gasteiger partial charge on any atom is -0.391 e. The smallest absolute Gasteiger partial charge is 0.251 e. The number of nitrogens with zero attached hydrogens (tertiary/aromatic N) is 1. The molecule has 1 saturated carbocycles. The molecule has 0 radical (unpaired) electrons. The molecule has 1 saturated heterocycles. The first-order valence-corrected chi connectivity index (χ1v) is 8.26. The van der Waals surface area contributed by atoms with E-state index in [0.29, 0.717) is 38.4 Å². The van der Waals surface area contributed by atoms with Crippen molar-refractivity contribution < 1.29 is 19.0 Å². The van der Waals surface area contributed by atoms with Crippen LogP contribution in [0.4, 0.5) is 10.1 Å².